The summed E-state index contributed by atoms with van der Waals surface area (Å²) in [7, 11) is 0. The summed E-state index contributed by atoms with van der Waals surface area (Å²) in [6.45, 7) is 0. The Morgan fingerprint density at radius 3 is 1.94 bits per heavy atom. The third-order valence-corrected chi connectivity index (χ3v) is 9.74. The molecule has 252 valence electrons. The van der Waals surface area contributed by atoms with E-state index in [0.717, 1.165) is 33.0 Å². The molecule has 0 bridgehead atoms. The molecular weight excluding hydrogens is 661 g/mol. The first kappa shape index (κ1) is 21.9. The van der Waals surface area contributed by atoms with Gasteiger partial charge in [-0.3, -0.25) is 0 Å². The number of aromatic nitrogens is 4. The van der Waals surface area contributed by atoms with Gasteiger partial charge in [0.25, 0.3) is 0 Å². The molecule has 0 aliphatic carbocycles. The fraction of sp³-hybridized carbons (Fsp3) is 0. The highest BCUT2D eigenvalue weighted by Crippen LogP contribution is 2.40. The van der Waals surface area contributed by atoms with Crippen LogP contribution in [-0.2, 0) is 0 Å². The zero-order valence-electron chi connectivity index (χ0n) is 38.2. The Bertz CT molecular complexity index is 3790. The maximum Gasteiger partial charge on any atom is 0.164 e. The molecule has 54 heavy (non-hydrogen) atoms. The number of rotatable bonds is 5. The molecule has 11 aromatic rings. The van der Waals surface area contributed by atoms with Crippen molar-refractivity contribution in [2.75, 3.05) is 0 Å². The Balaban J connectivity index is 1.13. The van der Waals surface area contributed by atoms with Gasteiger partial charge in [-0.15, -0.1) is 0 Å². The average molecular weight is 701 g/mol. The second-order valence-corrected chi connectivity index (χ2v) is 12.9. The van der Waals surface area contributed by atoms with Crippen LogP contribution in [0.25, 0.3) is 105 Å². The monoisotopic (exact) mass is 700 g/mol. The van der Waals surface area contributed by atoms with Crippen molar-refractivity contribution in [3.05, 3.63) is 182 Å². The summed E-state index contributed by atoms with van der Waals surface area (Å²) in [5.41, 5.74) is 4.48. The molecule has 0 amide bonds. The summed E-state index contributed by atoms with van der Waals surface area (Å²) < 4.78 is 95.6. The molecule has 3 aromatic heterocycles. The van der Waals surface area contributed by atoms with Crippen molar-refractivity contribution in [2.45, 2.75) is 0 Å². The Kier molecular flexibility index (Phi) is 4.90. The molecule has 0 saturated heterocycles. The SMILES string of the molecule is [2H]c1c([2H])c([2H])c2c(oc3c2c([2H])c([2H])c2c4c([2H])c([2H])c([2H])c([2H])c4n(-c4ccc(-c5nc(-c6ccccc6)nc(-c6cccc(-c7cccc8ccccc78)c6)n5)cc4)c32)c1[2H]. The minimum absolute atomic E-state index is 0.00849. The van der Waals surface area contributed by atoms with Crippen LogP contribution in [0.15, 0.2) is 186 Å². The van der Waals surface area contributed by atoms with Crippen LogP contribution in [-0.4, -0.2) is 19.5 Å². The van der Waals surface area contributed by atoms with Gasteiger partial charge in [0.2, 0.25) is 0 Å². The normalized spacial score (nSPS) is 14.3. The fourth-order valence-electron chi connectivity index (χ4n) is 7.24. The third-order valence-electron chi connectivity index (χ3n) is 9.74. The Morgan fingerprint density at radius 1 is 0.463 bits per heavy atom. The number of hydrogen-bond acceptors (Lipinski definition) is 4. The summed E-state index contributed by atoms with van der Waals surface area (Å²) >= 11 is 0. The molecule has 0 saturated carbocycles. The first-order valence-corrected chi connectivity index (χ1v) is 17.3. The molecule has 0 atom stereocenters. The van der Waals surface area contributed by atoms with Crippen LogP contribution < -0.4 is 0 Å². The van der Waals surface area contributed by atoms with Crippen LogP contribution in [0, 0.1) is 0 Å². The van der Waals surface area contributed by atoms with Crippen LogP contribution in [0.3, 0.4) is 0 Å². The molecule has 0 N–H and O–H groups in total. The van der Waals surface area contributed by atoms with Crippen LogP contribution in [0.2, 0.25) is 0 Å². The van der Waals surface area contributed by atoms with Gasteiger partial charge in [0.05, 0.1) is 24.7 Å². The van der Waals surface area contributed by atoms with E-state index in [1.807, 2.05) is 60.7 Å². The van der Waals surface area contributed by atoms with Gasteiger partial charge < -0.3 is 8.98 Å². The minimum atomic E-state index is -0.532. The zero-order valence-corrected chi connectivity index (χ0v) is 28.2. The minimum Gasteiger partial charge on any atom is -0.454 e. The van der Waals surface area contributed by atoms with E-state index in [9.17, 15) is 1.37 Å². The van der Waals surface area contributed by atoms with Gasteiger partial charge in [0, 0.05) is 43.9 Å². The lowest BCUT2D eigenvalue weighted by atomic mass is 9.97. The molecule has 0 fully saturated rings. The number of furan rings is 1. The van der Waals surface area contributed by atoms with Gasteiger partial charge in [0.15, 0.2) is 23.1 Å². The number of fused-ring (bicyclic) bond motifs is 8. The Morgan fingerprint density at radius 2 is 1.09 bits per heavy atom. The summed E-state index contributed by atoms with van der Waals surface area (Å²) in [4.78, 5) is 14.9. The Labute approximate surface area is 324 Å². The van der Waals surface area contributed by atoms with Gasteiger partial charge in [0.1, 0.15) is 5.58 Å². The van der Waals surface area contributed by atoms with Crippen LogP contribution in [0.4, 0.5) is 0 Å². The van der Waals surface area contributed by atoms with Gasteiger partial charge >= 0.3 is 0 Å². The molecule has 0 spiro atoms. The van der Waals surface area contributed by atoms with E-state index in [0.29, 0.717) is 28.7 Å². The number of benzene rings is 8. The van der Waals surface area contributed by atoms with Crippen molar-refractivity contribution in [2.24, 2.45) is 0 Å². The van der Waals surface area contributed by atoms with Crippen molar-refractivity contribution >= 4 is 54.5 Å². The molecule has 0 radical (unpaired) electrons. The predicted molar refractivity (Wildman–Crippen MR) is 221 cm³/mol. The summed E-state index contributed by atoms with van der Waals surface area (Å²) in [5.74, 6) is 1.27. The van der Waals surface area contributed by atoms with Crippen LogP contribution in [0.1, 0.15) is 13.7 Å². The maximum absolute atomic E-state index is 9.27. The molecular formula is C49H30N4O. The molecule has 5 nitrogen and oxygen atoms in total. The summed E-state index contributed by atoms with van der Waals surface area (Å²) in [6.07, 6.45) is 0. The van der Waals surface area contributed by atoms with E-state index in [4.69, 9.17) is 31.7 Å². The predicted octanol–water partition coefficient (Wildman–Crippen LogP) is 12.7. The fourth-order valence-corrected chi connectivity index (χ4v) is 7.24. The molecule has 8 aromatic carbocycles. The topological polar surface area (TPSA) is 56.7 Å². The molecule has 0 aliphatic rings. The third kappa shape index (κ3) is 4.83. The van der Waals surface area contributed by atoms with Crippen LogP contribution >= 0.6 is 0 Å². The van der Waals surface area contributed by atoms with Crippen molar-refractivity contribution in [1.82, 2.24) is 19.5 Å². The highest BCUT2D eigenvalue weighted by atomic mass is 16.3. The van der Waals surface area contributed by atoms with Crippen molar-refractivity contribution in [1.29, 1.82) is 0 Å². The van der Waals surface area contributed by atoms with E-state index in [1.165, 1.54) is 4.57 Å². The quantitative estimate of drug-likeness (QED) is 0.179. The van der Waals surface area contributed by atoms with Gasteiger partial charge in [-0.25, -0.2) is 15.0 Å². The van der Waals surface area contributed by atoms with E-state index in [2.05, 4.69) is 36.4 Å². The second-order valence-electron chi connectivity index (χ2n) is 12.9. The number of para-hydroxylation sites is 2. The zero-order chi connectivity index (χ0) is 44.3. The largest absolute Gasteiger partial charge is 0.454 e. The maximum atomic E-state index is 9.27. The van der Waals surface area contributed by atoms with Gasteiger partial charge in [-0.2, -0.15) is 0 Å². The van der Waals surface area contributed by atoms with Gasteiger partial charge in [-0.05, 0) is 70.4 Å². The van der Waals surface area contributed by atoms with E-state index in [-0.39, 0.29) is 43.7 Å². The second kappa shape index (κ2) is 12.1. The number of nitrogens with zero attached hydrogens (tertiary/aromatic N) is 4. The molecule has 3 heterocycles. The molecule has 0 aliphatic heterocycles. The van der Waals surface area contributed by atoms with Crippen molar-refractivity contribution in [3.63, 3.8) is 0 Å². The summed E-state index contributed by atoms with van der Waals surface area (Å²) in [5, 5.41) is 2.14. The van der Waals surface area contributed by atoms with Crippen LogP contribution in [0.5, 0.6) is 0 Å². The van der Waals surface area contributed by atoms with Crippen molar-refractivity contribution < 1.29 is 18.1 Å². The molecule has 0 unspecified atom stereocenters. The molecule has 11 rings (SSSR count). The van der Waals surface area contributed by atoms with Gasteiger partial charge in [-0.1, -0.05) is 133 Å². The lowest BCUT2D eigenvalue weighted by Gasteiger charge is -2.12. The lowest BCUT2D eigenvalue weighted by Crippen LogP contribution is -2.01. The highest BCUT2D eigenvalue weighted by Gasteiger charge is 2.19. The first-order chi connectivity index (χ1) is 30.9. The van der Waals surface area contributed by atoms with E-state index in [1.54, 1.807) is 24.3 Å². The number of hydrogen-bond donors (Lipinski definition) is 0. The van der Waals surface area contributed by atoms with E-state index >= 15 is 0 Å². The van der Waals surface area contributed by atoms with E-state index < -0.39 is 60.4 Å². The average Bonchev–Trinajstić information content (AvgIpc) is 3.91. The Hall–Kier alpha value is -7.37. The molecule has 5 heteroatoms. The summed E-state index contributed by atoms with van der Waals surface area (Å²) in [6, 6.07) is 34.5. The van der Waals surface area contributed by atoms with Crippen molar-refractivity contribution in [3.8, 4) is 51.0 Å². The lowest BCUT2D eigenvalue weighted by molar-refractivity contribution is 0.671. The smallest absolute Gasteiger partial charge is 0.164 e. The first-order valence-electron chi connectivity index (χ1n) is 22.3. The standard InChI is InChI=1S/C49H30N4O/c1-2-13-32(14-3-1)47-50-48(52-49(51-47)35-17-10-16-34(30-35)38-21-11-15-31-12-4-5-18-37(31)38)33-24-26-36(27-25-33)53-43-22-8-6-19-39(43)41-28-29-42-40-20-7-9-23-44(40)54-46(42)45(41)53/h1-30H/i6D,7D,8D,9D,19D,20D,22D,23D,28D,29D. The highest BCUT2D eigenvalue weighted by molar-refractivity contribution is 6.21.